The predicted octanol–water partition coefficient (Wildman–Crippen LogP) is 5.77. The summed E-state index contributed by atoms with van der Waals surface area (Å²) in [5.74, 6) is -1.39. The van der Waals surface area contributed by atoms with Crippen LogP contribution in [0.4, 0.5) is 4.39 Å². The average Bonchev–Trinajstić information content (AvgIpc) is 2.81. The second kappa shape index (κ2) is 11.5. The Morgan fingerprint density at radius 1 is 1.03 bits per heavy atom. The number of nitrogens with one attached hydrogen (secondary N) is 1. The van der Waals surface area contributed by atoms with E-state index in [4.69, 9.17) is 23.2 Å². The Kier molecular flexibility index (Phi) is 8.89. The van der Waals surface area contributed by atoms with E-state index in [9.17, 15) is 17.6 Å². The molecule has 0 saturated heterocycles. The van der Waals surface area contributed by atoms with E-state index >= 15 is 0 Å². The maximum Gasteiger partial charge on any atom is 0.255 e. The maximum atomic E-state index is 14.4. The fourth-order valence-electron chi connectivity index (χ4n) is 3.28. The van der Waals surface area contributed by atoms with Crippen LogP contribution >= 0.6 is 23.2 Å². The van der Waals surface area contributed by atoms with Crippen molar-refractivity contribution in [2.75, 3.05) is 6.54 Å². The first kappa shape index (κ1) is 27.8. The van der Waals surface area contributed by atoms with Crippen molar-refractivity contribution in [2.45, 2.75) is 37.6 Å². The molecule has 10 heteroatoms. The average molecular weight is 550 g/mol. The number of amides is 1. The SMILES string of the molecule is CC(C)(C)c1ccc(/C=N\NC(=O)CN(Cc2c(F)cccc2Cl)S(=O)(=O)c2ccc(Cl)cc2)cc1. The van der Waals surface area contributed by atoms with E-state index in [0.717, 1.165) is 15.4 Å². The van der Waals surface area contributed by atoms with E-state index < -0.39 is 34.8 Å². The molecule has 0 spiro atoms. The van der Waals surface area contributed by atoms with Gasteiger partial charge in [-0.1, -0.05) is 74.3 Å². The van der Waals surface area contributed by atoms with Gasteiger partial charge in [0.05, 0.1) is 17.7 Å². The first-order valence-corrected chi connectivity index (χ1v) is 13.2. The van der Waals surface area contributed by atoms with Crippen LogP contribution in [0.2, 0.25) is 10.0 Å². The van der Waals surface area contributed by atoms with Crippen LogP contribution in [0.25, 0.3) is 0 Å². The monoisotopic (exact) mass is 549 g/mol. The highest BCUT2D eigenvalue weighted by molar-refractivity contribution is 7.89. The van der Waals surface area contributed by atoms with Gasteiger partial charge < -0.3 is 0 Å². The zero-order chi connectivity index (χ0) is 26.5. The molecular formula is C26H26Cl2FN3O3S. The Hall–Kier alpha value is -2.78. The van der Waals surface area contributed by atoms with Crippen LogP contribution in [0, 0.1) is 5.82 Å². The smallest absolute Gasteiger partial charge is 0.255 e. The highest BCUT2D eigenvalue weighted by atomic mass is 35.5. The van der Waals surface area contributed by atoms with Gasteiger partial charge in [0.2, 0.25) is 10.0 Å². The lowest BCUT2D eigenvalue weighted by Gasteiger charge is -2.22. The molecule has 0 heterocycles. The molecule has 0 aliphatic heterocycles. The van der Waals surface area contributed by atoms with Gasteiger partial charge in [-0.25, -0.2) is 18.2 Å². The minimum Gasteiger partial charge on any atom is -0.272 e. The molecule has 0 radical (unpaired) electrons. The largest absolute Gasteiger partial charge is 0.272 e. The summed E-state index contributed by atoms with van der Waals surface area (Å²) in [6.07, 6.45) is 1.45. The van der Waals surface area contributed by atoms with Crippen molar-refractivity contribution in [1.29, 1.82) is 0 Å². The third kappa shape index (κ3) is 7.13. The Labute approximate surface area is 220 Å². The number of hydrogen-bond acceptors (Lipinski definition) is 4. The topological polar surface area (TPSA) is 78.8 Å². The molecule has 36 heavy (non-hydrogen) atoms. The van der Waals surface area contributed by atoms with Crippen LogP contribution in [-0.2, 0) is 26.8 Å². The van der Waals surface area contributed by atoms with Crippen molar-refractivity contribution < 1.29 is 17.6 Å². The van der Waals surface area contributed by atoms with Crippen LogP contribution in [0.5, 0.6) is 0 Å². The van der Waals surface area contributed by atoms with Gasteiger partial charge in [0.15, 0.2) is 0 Å². The van der Waals surface area contributed by atoms with Crippen LogP contribution < -0.4 is 5.43 Å². The number of rotatable bonds is 8. The predicted molar refractivity (Wildman–Crippen MR) is 141 cm³/mol. The molecule has 0 atom stereocenters. The summed E-state index contributed by atoms with van der Waals surface area (Å²) in [5, 5.41) is 4.32. The maximum absolute atomic E-state index is 14.4. The van der Waals surface area contributed by atoms with Gasteiger partial charge in [-0.15, -0.1) is 0 Å². The third-order valence-electron chi connectivity index (χ3n) is 5.35. The van der Waals surface area contributed by atoms with Gasteiger partial charge >= 0.3 is 0 Å². The number of nitrogens with zero attached hydrogens (tertiary/aromatic N) is 2. The molecule has 0 aromatic heterocycles. The van der Waals surface area contributed by atoms with Gasteiger partial charge in [-0.05, 0) is 52.9 Å². The minimum absolute atomic E-state index is 0.00402. The molecule has 6 nitrogen and oxygen atoms in total. The summed E-state index contributed by atoms with van der Waals surface area (Å²) in [4.78, 5) is 12.5. The van der Waals surface area contributed by atoms with Gasteiger partial charge in [-0.2, -0.15) is 9.41 Å². The highest BCUT2D eigenvalue weighted by Gasteiger charge is 2.28. The molecule has 0 bridgehead atoms. The molecule has 0 unspecified atom stereocenters. The second-order valence-electron chi connectivity index (χ2n) is 9.09. The highest BCUT2D eigenvalue weighted by Crippen LogP contribution is 2.25. The third-order valence-corrected chi connectivity index (χ3v) is 7.76. The Bertz CT molecular complexity index is 1330. The molecule has 0 aliphatic carbocycles. The van der Waals surface area contributed by atoms with E-state index in [2.05, 4.69) is 31.3 Å². The normalized spacial score (nSPS) is 12.3. The quantitative estimate of drug-likeness (QED) is 0.286. The van der Waals surface area contributed by atoms with Crippen molar-refractivity contribution in [3.63, 3.8) is 0 Å². The molecule has 190 valence electrons. The number of halogens is 3. The Balaban J connectivity index is 1.80. The van der Waals surface area contributed by atoms with Crippen molar-refractivity contribution in [1.82, 2.24) is 9.73 Å². The molecule has 1 N–H and O–H groups in total. The van der Waals surface area contributed by atoms with Crippen LogP contribution in [-0.4, -0.2) is 31.4 Å². The van der Waals surface area contributed by atoms with Crippen molar-refractivity contribution in [2.24, 2.45) is 5.10 Å². The molecule has 0 aliphatic rings. The van der Waals surface area contributed by atoms with Crippen LogP contribution in [0.3, 0.4) is 0 Å². The van der Waals surface area contributed by atoms with E-state index in [1.807, 2.05) is 24.3 Å². The van der Waals surface area contributed by atoms with Crippen molar-refractivity contribution in [3.8, 4) is 0 Å². The van der Waals surface area contributed by atoms with E-state index in [1.54, 1.807) is 0 Å². The molecular weight excluding hydrogens is 524 g/mol. The summed E-state index contributed by atoms with van der Waals surface area (Å²) in [6, 6.07) is 17.2. The summed E-state index contributed by atoms with van der Waals surface area (Å²) < 4.78 is 41.9. The first-order valence-electron chi connectivity index (χ1n) is 11.0. The minimum atomic E-state index is -4.20. The fourth-order valence-corrected chi connectivity index (χ4v) is 5.00. The number of benzene rings is 3. The second-order valence-corrected chi connectivity index (χ2v) is 11.9. The molecule has 1 amide bonds. The van der Waals surface area contributed by atoms with Gasteiger partial charge in [0.25, 0.3) is 5.91 Å². The van der Waals surface area contributed by atoms with E-state index in [-0.39, 0.29) is 20.9 Å². The molecule has 0 saturated carbocycles. The summed E-state index contributed by atoms with van der Waals surface area (Å²) in [5.41, 5.74) is 4.19. The molecule has 3 aromatic rings. The lowest BCUT2D eigenvalue weighted by atomic mass is 9.87. The zero-order valence-corrected chi connectivity index (χ0v) is 22.3. The fraction of sp³-hybridized carbons (Fsp3) is 0.231. The van der Waals surface area contributed by atoms with Crippen LogP contribution in [0.15, 0.2) is 76.7 Å². The lowest BCUT2D eigenvalue weighted by molar-refractivity contribution is -0.121. The van der Waals surface area contributed by atoms with E-state index in [0.29, 0.717) is 5.02 Å². The summed E-state index contributed by atoms with van der Waals surface area (Å²) >= 11 is 12.0. The van der Waals surface area contributed by atoms with Gasteiger partial charge in [0.1, 0.15) is 5.82 Å². The Morgan fingerprint density at radius 2 is 1.67 bits per heavy atom. The molecule has 3 aromatic carbocycles. The first-order chi connectivity index (χ1) is 16.9. The number of carbonyl (C=O) groups is 1. The summed E-state index contributed by atoms with van der Waals surface area (Å²) in [7, 11) is -4.20. The van der Waals surface area contributed by atoms with Gasteiger partial charge in [-0.3, -0.25) is 4.79 Å². The van der Waals surface area contributed by atoms with Crippen LogP contribution in [0.1, 0.15) is 37.5 Å². The van der Waals surface area contributed by atoms with Crippen molar-refractivity contribution in [3.05, 3.63) is 99.3 Å². The zero-order valence-electron chi connectivity index (χ0n) is 20.0. The lowest BCUT2D eigenvalue weighted by Crippen LogP contribution is -2.39. The van der Waals surface area contributed by atoms with E-state index in [1.165, 1.54) is 48.7 Å². The molecule has 3 rings (SSSR count). The summed E-state index contributed by atoms with van der Waals surface area (Å²) in [6.45, 7) is 5.25. The number of sulfonamides is 1. The number of hydrazone groups is 1. The van der Waals surface area contributed by atoms with Crippen molar-refractivity contribution >= 4 is 45.3 Å². The van der Waals surface area contributed by atoms with Gasteiger partial charge in [0, 0.05) is 22.2 Å². The number of carbonyl (C=O) groups excluding carboxylic acids is 1. The number of hydrogen-bond donors (Lipinski definition) is 1. The Morgan fingerprint density at radius 3 is 2.25 bits per heavy atom. The standard InChI is InChI=1S/C26H26Cl2FN3O3S/c1-26(2,3)19-9-7-18(8-10-19)15-30-31-25(33)17-32(16-22-23(28)5-4-6-24(22)29)36(34,35)21-13-11-20(27)12-14-21/h4-15H,16-17H2,1-3H3,(H,31,33)/b30-15-. The molecule has 0 fully saturated rings.